The zero-order valence-electron chi connectivity index (χ0n) is 25.2. The summed E-state index contributed by atoms with van der Waals surface area (Å²) < 4.78 is 12.6. The fraction of sp³-hybridized carbons (Fsp3) is 0.324. The van der Waals surface area contributed by atoms with Crippen molar-refractivity contribution in [2.75, 3.05) is 6.54 Å². The molecule has 0 unspecified atom stereocenters. The molecular weight excluding hydrogens is 525 g/mol. The van der Waals surface area contributed by atoms with E-state index in [1.807, 2.05) is 39.8 Å². The number of H-pyrrole nitrogens is 1. The second-order valence-electron chi connectivity index (χ2n) is 11.9. The molecule has 1 fully saturated rings. The predicted molar refractivity (Wildman–Crippen MR) is 169 cm³/mol. The number of aryl methyl sites for hydroxylation is 1. The van der Waals surface area contributed by atoms with Gasteiger partial charge in [-0.05, 0) is 93.0 Å². The van der Waals surface area contributed by atoms with Gasteiger partial charge in [0.05, 0.1) is 11.2 Å². The molecule has 7 nitrogen and oxygen atoms in total. The summed E-state index contributed by atoms with van der Waals surface area (Å²) >= 11 is 0. The molecule has 1 aliphatic heterocycles. The second-order valence-corrected chi connectivity index (χ2v) is 11.9. The molecule has 1 aliphatic rings. The lowest BCUT2D eigenvalue weighted by molar-refractivity contribution is -0.129. The number of para-hydroxylation sites is 1. The molecule has 3 aromatic carbocycles. The van der Waals surface area contributed by atoms with Gasteiger partial charge in [-0.15, -0.1) is 0 Å². The Morgan fingerprint density at radius 3 is 2.45 bits per heavy atom. The maximum Gasteiger partial charge on any atom is 0.494 e. The number of aromatic amines is 1. The normalized spacial score (nSPS) is 15.7. The van der Waals surface area contributed by atoms with E-state index >= 15 is 0 Å². The third kappa shape index (κ3) is 6.37. The number of hydrogen-bond donors (Lipinski definition) is 3. The van der Waals surface area contributed by atoms with Gasteiger partial charge in [-0.25, -0.2) is 5.48 Å². The van der Waals surface area contributed by atoms with Gasteiger partial charge in [0, 0.05) is 23.1 Å². The Hall–Kier alpha value is -3.69. The molecule has 218 valence electrons. The number of fused-ring (bicyclic) bond motifs is 1. The van der Waals surface area contributed by atoms with Crippen LogP contribution in [-0.2, 0) is 38.5 Å². The van der Waals surface area contributed by atoms with Crippen molar-refractivity contribution < 1.29 is 18.9 Å². The van der Waals surface area contributed by atoms with E-state index in [-0.39, 0.29) is 12.5 Å². The Morgan fingerprint density at radius 1 is 1.02 bits per heavy atom. The van der Waals surface area contributed by atoms with Crippen LogP contribution in [0.1, 0.15) is 50.1 Å². The van der Waals surface area contributed by atoms with Crippen LogP contribution in [0.4, 0.5) is 0 Å². The molecule has 0 bridgehead atoms. The van der Waals surface area contributed by atoms with E-state index in [0.717, 1.165) is 41.7 Å². The summed E-state index contributed by atoms with van der Waals surface area (Å²) in [5.41, 5.74) is 10.4. The van der Waals surface area contributed by atoms with Crippen LogP contribution in [0.25, 0.3) is 22.0 Å². The number of nitrogens with one attached hydrogen (secondary N) is 3. The van der Waals surface area contributed by atoms with Gasteiger partial charge in [0.15, 0.2) is 0 Å². The number of carbonyl (C=O) groups excluding carboxylic acids is 1. The summed E-state index contributed by atoms with van der Waals surface area (Å²) in [7, 11) is -0.478. The van der Waals surface area contributed by atoms with Crippen LogP contribution >= 0.6 is 0 Å². The van der Waals surface area contributed by atoms with E-state index in [0.29, 0.717) is 0 Å². The van der Waals surface area contributed by atoms with Gasteiger partial charge >= 0.3 is 7.12 Å². The van der Waals surface area contributed by atoms with Crippen LogP contribution in [-0.4, -0.2) is 35.8 Å². The van der Waals surface area contributed by atoms with Gasteiger partial charge in [0.2, 0.25) is 0 Å². The first-order chi connectivity index (χ1) is 20.1. The zero-order chi connectivity index (χ0) is 29.9. The molecule has 1 amide bonds. The van der Waals surface area contributed by atoms with Crippen LogP contribution in [0.2, 0.25) is 0 Å². The maximum atomic E-state index is 11.6. The molecule has 0 spiro atoms. The number of rotatable bonds is 11. The van der Waals surface area contributed by atoms with Crippen molar-refractivity contribution in [2.24, 2.45) is 0 Å². The van der Waals surface area contributed by atoms with Gasteiger partial charge in [-0.2, -0.15) is 0 Å². The Labute approximate surface area is 248 Å². The number of benzene rings is 3. The highest BCUT2D eigenvalue weighted by Gasteiger charge is 2.51. The lowest BCUT2D eigenvalue weighted by Gasteiger charge is -2.32. The average Bonchev–Trinajstić information content (AvgIpc) is 3.41. The monoisotopic (exact) mass is 565 g/mol. The molecule has 2 heterocycles. The predicted octanol–water partition coefficient (Wildman–Crippen LogP) is 5.51. The molecule has 0 saturated carbocycles. The summed E-state index contributed by atoms with van der Waals surface area (Å²) in [6.07, 6.45) is 2.14. The number of aromatic nitrogens is 1. The number of carbonyl (C=O) groups is 1. The van der Waals surface area contributed by atoms with Gasteiger partial charge in [-0.3, -0.25) is 9.63 Å². The minimum atomic E-state index is -0.478. The topological polar surface area (TPSA) is 84.6 Å². The van der Waals surface area contributed by atoms with Crippen molar-refractivity contribution in [1.29, 1.82) is 0 Å². The fourth-order valence-corrected chi connectivity index (χ4v) is 5.25. The highest BCUT2D eigenvalue weighted by atomic mass is 16.7. The molecule has 0 aliphatic carbocycles. The van der Waals surface area contributed by atoms with Crippen LogP contribution in [0.15, 0.2) is 79.4 Å². The van der Waals surface area contributed by atoms with E-state index < -0.39 is 18.3 Å². The van der Waals surface area contributed by atoms with E-state index in [1.165, 1.54) is 33.8 Å². The molecule has 8 heteroatoms. The maximum absolute atomic E-state index is 11.6. The Kier molecular flexibility index (Phi) is 8.71. The molecule has 1 saturated heterocycles. The first kappa shape index (κ1) is 29.8. The van der Waals surface area contributed by atoms with Gasteiger partial charge < -0.3 is 19.6 Å². The minimum Gasteiger partial charge on any atom is -0.399 e. The van der Waals surface area contributed by atoms with E-state index in [4.69, 9.17) is 14.1 Å². The quantitative estimate of drug-likeness (QED) is 0.0967. The van der Waals surface area contributed by atoms with Crippen LogP contribution in [0.3, 0.4) is 0 Å². The number of hydroxylamine groups is 1. The van der Waals surface area contributed by atoms with Gasteiger partial charge in [0.1, 0.15) is 6.61 Å². The summed E-state index contributed by atoms with van der Waals surface area (Å²) in [5, 5.41) is 4.89. The highest BCUT2D eigenvalue weighted by Crippen LogP contribution is 2.37. The molecule has 1 aromatic heterocycles. The SMILES string of the molecule is C=CC(=O)NOCc1ccc(B2OC(C)(C)C(C)(C)O2)cc1-c1ccc(CNCCc2c(C)[nH]c3ccccc23)cc1. The third-order valence-electron chi connectivity index (χ3n) is 8.42. The van der Waals surface area contributed by atoms with E-state index in [2.05, 4.69) is 83.9 Å². The van der Waals surface area contributed by atoms with Crippen molar-refractivity contribution in [3.05, 3.63) is 102 Å². The van der Waals surface area contributed by atoms with Gasteiger partial charge in [-0.1, -0.05) is 67.2 Å². The van der Waals surface area contributed by atoms with Gasteiger partial charge in [0.25, 0.3) is 5.91 Å². The van der Waals surface area contributed by atoms with Crippen molar-refractivity contribution in [1.82, 2.24) is 15.8 Å². The van der Waals surface area contributed by atoms with E-state index in [9.17, 15) is 4.79 Å². The van der Waals surface area contributed by atoms with Crippen LogP contribution in [0.5, 0.6) is 0 Å². The van der Waals surface area contributed by atoms with Crippen molar-refractivity contribution in [3.8, 4) is 11.1 Å². The molecule has 5 rings (SSSR count). The van der Waals surface area contributed by atoms with E-state index in [1.54, 1.807) is 0 Å². The summed E-state index contributed by atoms with van der Waals surface area (Å²) in [5.74, 6) is -0.387. The summed E-state index contributed by atoms with van der Waals surface area (Å²) in [4.78, 5) is 20.6. The highest BCUT2D eigenvalue weighted by molar-refractivity contribution is 6.62. The Bertz CT molecular complexity index is 1560. The average molecular weight is 566 g/mol. The Balaban J connectivity index is 1.29. The largest absolute Gasteiger partial charge is 0.494 e. The number of hydrogen-bond acceptors (Lipinski definition) is 5. The first-order valence-corrected chi connectivity index (χ1v) is 14.5. The molecule has 42 heavy (non-hydrogen) atoms. The first-order valence-electron chi connectivity index (χ1n) is 14.5. The van der Waals surface area contributed by atoms with Crippen LogP contribution in [0, 0.1) is 6.92 Å². The molecular formula is C34H40BN3O4. The second kappa shape index (κ2) is 12.3. The third-order valence-corrected chi connectivity index (χ3v) is 8.42. The van der Waals surface area contributed by atoms with Crippen molar-refractivity contribution in [3.63, 3.8) is 0 Å². The number of amides is 1. The molecule has 0 radical (unpaired) electrons. The molecule has 0 atom stereocenters. The summed E-state index contributed by atoms with van der Waals surface area (Å²) in [6.45, 7) is 15.7. The summed E-state index contributed by atoms with van der Waals surface area (Å²) in [6, 6.07) is 23.1. The minimum absolute atomic E-state index is 0.203. The fourth-order valence-electron chi connectivity index (χ4n) is 5.25. The molecule has 3 N–H and O–H groups in total. The van der Waals surface area contributed by atoms with Crippen LogP contribution < -0.4 is 16.3 Å². The standard InChI is InChI=1S/C34H40BN3O4/c1-7-32(39)38-40-22-26-16-17-27(35-41-33(3,4)34(5,6)42-35)20-30(26)25-14-12-24(13-15-25)21-36-19-18-28-23(2)37-31-11-9-8-10-29(28)31/h7-17,20,36-37H,1,18-19,21-22H2,2-6H3,(H,38,39). The van der Waals surface area contributed by atoms with Crippen molar-refractivity contribution in [2.45, 2.75) is 65.4 Å². The van der Waals surface area contributed by atoms with Crippen molar-refractivity contribution >= 4 is 29.4 Å². The lowest BCUT2D eigenvalue weighted by atomic mass is 9.77. The smallest absolute Gasteiger partial charge is 0.399 e. The lowest BCUT2D eigenvalue weighted by Crippen LogP contribution is -2.41. The Morgan fingerprint density at radius 2 is 1.74 bits per heavy atom. The molecule has 4 aromatic rings. The zero-order valence-corrected chi connectivity index (χ0v) is 25.2.